The van der Waals surface area contributed by atoms with Crippen LogP contribution in [-0.4, -0.2) is 20.9 Å². The molecular weight excluding hydrogens is 338 g/mol. The van der Waals surface area contributed by atoms with Gasteiger partial charge in [-0.1, -0.05) is 32.0 Å². The van der Waals surface area contributed by atoms with Crippen LogP contribution in [0.4, 0.5) is 0 Å². The summed E-state index contributed by atoms with van der Waals surface area (Å²) in [5.41, 5.74) is 2.98. The zero-order valence-corrected chi connectivity index (χ0v) is 15.3. The lowest BCUT2D eigenvalue weighted by atomic mass is 10.0. The number of aryl methyl sites for hydroxylation is 1. The summed E-state index contributed by atoms with van der Waals surface area (Å²) in [6, 6.07) is 10.1. The number of fused-ring (bicyclic) bond motifs is 1. The van der Waals surface area contributed by atoms with Gasteiger partial charge < -0.3 is 9.50 Å². The van der Waals surface area contributed by atoms with Gasteiger partial charge in [0.15, 0.2) is 0 Å². The van der Waals surface area contributed by atoms with E-state index in [0.29, 0.717) is 24.3 Å². The van der Waals surface area contributed by atoms with Gasteiger partial charge in [0.25, 0.3) is 5.91 Å². The Kier molecular flexibility index (Phi) is 4.56. The molecule has 1 aliphatic rings. The fourth-order valence-electron chi connectivity index (χ4n) is 2.78. The highest BCUT2D eigenvalue weighted by molar-refractivity contribution is 7.87. The van der Waals surface area contributed by atoms with Gasteiger partial charge in [-0.25, -0.2) is 0 Å². The highest BCUT2D eigenvalue weighted by Gasteiger charge is 2.23. The fourth-order valence-corrected chi connectivity index (χ4v) is 3.79. The van der Waals surface area contributed by atoms with Crippen molar-refractivity contribution in [3.8, 4) is 5.75 Å². The molecule has 0 aromatic heterocycles. The average Bonchev–Trinajstić information content (AvgIpc) is 2.56. The number of hydrogen-bond donors (Lipinski definition) is 1. The summed E-state index contributed by atoms with van der Waals surface area (Å²) in [7, 11) is -4.02. The number of carbonyl (C=O) groups excluding carboxylic acids is 1. The Hall–Kier alpha value is -2.34. The number of amides is 1. The molecule has 25 heavy (non-hydrogen) atoms. The van der Waals surface area contributed by atoms with Crippen molar-refractivity contribution in [1.82, 2.24) is 5.32 Å². The minimum atomic E-state index is -4.02. The van der Waals surface area contributed by atoms with Gasteiger partial charge in [-0.15, -0.1) is 0 Å². The van der Waals surface area contributed by atoms with Gasteiger partial charge in [-0.05, 0) is 54.2 Å². The molecular formula is C19H21NO4S. The average molecular weight is 359 g/mol. The minimum Gasteiger partial charge on any atom is -0.379 e. The van der Waals surface area contributed by atoms with Gasteiger partial charge in [0.2, 0.25) is 0 Å². The molecule has 0 spiro atoms. The maximum absolute atomic E-state index is 12.7. The fraction of sp³-hybridized carbons (Fsp3) is 0.316. The van der Waals surface area contributed by atoms with Crippen molar-refractivity contribution in [2.75, 3.05) is 6.54 Å². The molecule has 2 aromatic carbocycles. The minimum absolute atomic E-state index is 0.0161. The van der Waals surface area contributed by atoms with E-state index in [0.717, 1.165) is 16.7 Å². The van der Waals surface area contributed by atoms with E-state index in [2.05, 4.69) is 5.32 Å². The molecule has 1 amide bonds. The summed E-state index contributed by atoms with van der Waals surface area (Å²) < 4.78 is 30.7. The van der Waals surface area contributed by atoms with Crippen molar-refractivity contribution in [2.24, 2.45) is 0 Å². The van der Waals surface area contributed by atoms with Crippen LogP contribution >= 0.6 is 0 Å². The van der Waals surface area contributed by atoms with Gasteiger partial charge in [-0.3, -0.25) is 4.79 Å². The first kappa shape index (κ1) is 17.5. The molecule has 0 unspecified atom stereocenters. The lowest BCUT2D eigenvalue weighted by molar-refractivity contribution is 0.0945. The first-order chi connectivity index (χ1) is 11.8. The largest absolute Gasteiger partial charge is 0.379 e. The number of carbonyl (C=O) groups is 1. The predicted octanol–water partition coefficient (Wildman–Crippen LogP) is 3.17. The lowest BCUT2D eigenvalue weighted by Gasteiger charge is -2.17. The SMILES string of the molecule is Cc1ccc(C(C)C)cc1OS(=O)(=O)c1ccc2c(c1)C(=O)NCC2. The molecule has 1 N–H and O–H groups in total. The van der Waals surface area contributed by atoms with Crippen molar-refractivity contribution in [2.45, 2.75) is 38.0 Å². The van der Waals surface area contributed by atoms with Crippen LogP contribution in [0, 0.1) is 6.92 Å². The van der Waals surface area contributed by atoms with Crippen LogP contribution in [0.15, 0.2) is 41.3 Å². The quantitative estimate of drug-likeness (QED) is 0.851. The van der Waals surface area contributed by atoms with E-state index in [1.54, 1.807) is 19.1 Å². The first-order valence-electron chi connectivity index (χ1n) is 8.24. The molecule has 0 aliphatic carbocycles. The summed E-state index contributed by atoms with van der Waals surface area (Å²) in [6.07, 6.45) is 0.692. The van der Waals surface area contributed by atoms with Crippen molar-refractivity contribution in [3.05, 3.63) is 58.7 Å². The van der Waals surface area contributed by atoms with Gasteiger partial charge >= 0.3 is 10.1 Å². The zero-order chi connectivity index (χ0) is 18.2. The summed E-state index contributed by atoms with van der Waals surface area (Å²) in [5.74, 6) is 0.322. The molecule has 1 aliphatic heterocycles. The number of nitrogens with one attached hydrogen (secondary N) is 1. The van der Waals surface area contributed by atoms with Gasteiger partial charge in [-0.2, -0.15) is 8.42 Å². The van der Waals surface area contributed by atoms with Crippen molar-refractivity contribution in [1.29, 1.82) is 0 Å². The molecule has 0 bridgehead atoms. The summed E-state index contributed by atoms with van der Waals surface area (Å²) in [4.78, 5) is 11.9. The highest BCUT2D eigenvalue weighted by Crippen LogP contribution is 2.28. The Labute approximate surface area is 148 Å². The molecule has 0 saturated heterocycles. The Morgan fingerprint density at radius 2 is 1.88 bits per heavy atom. The topological polar surface area (TPSA) is 72.5 Å². The molecule has 1 heterocycles. The molecule has 0 saturated carbocycles. The Balaban J connectivity index is 1.97. The van der Waals surface area contributed by atoms with Crippen LogP contribution in [-0.2, 0) is 16.5 Å². The maximum atomic E-state index is 12.7. The number of rotatable bonds is 4. The van der Waals surface area contributed by atoms with Gasteiger partial charge in [0, 0.05) is 12.1 Å². The highest BCUT2D eigenvalue weighted by atomic mass is 32.2. The molecule has 0 atom stereocenters. The lowest BCUT2D eigenvalue weighted by Crippen LogP contribution is -2.32. The number of hydrogen-bond acceptors (Lipinski definition) is 4. The second-order valence-electron chi connectivity index (χ2n) is 6.54. The summed E-state index contributed by atoms with van der Waals surface area (Å²) in [5, 5.41) is 2.72. The van der Waals surface area contributed by atoms with Crippen LogP contribution in [0.3, 0.4) is 0 Å². The first-order valence-corrected chi connectivity index (χ1v) is 9.65. The van der Waals surface area contributed by atoms with Crippen molar-refractivity contribution in [3.63, 3.8) is 0 Å². The molecule has 3 rings (SSSR count). The van der Waals surface area contributed by atoms with E-state index in [1.807, 2.05) is 26.0 Å². The summed E-state index contributed by atoms with van der Waals surface area (Å²) in [6.45, 7) is 6.43. The molecule has 0 radical (unpaired) electrons. The Morgan fingerprint density at radius 3 is 2.60 bits per heavy atom. The van der Waals surface area contributed by atoms with E-state index in [-0.39, 0.29) is 16.7 Å². The zero-order valence-electron chi connectivity index (χ0n) is 14.5. The smallest absolute Gasteiger partial charge is 0.339 e. The third kappa shape index (κ3) is 3.54. The monoisotopic (exact) mass is 359 g/mol. The van der Waals surface area contributed by atoms with Crippen LogP contribution in [0.2, 0.25) is 0 Å². The molecule has 0 fully saturated rings. The second kappa shape index (κ2) is 6.52. The Morgan fingerprint density at radius 1 is 1.12 bits per heavy atom. The van der Waals surface area contributed by atoms with Crippen LogP contribution in [0.1, 0.15) is 46.8 Å². The van der Waals surface area contributed by atoms with Gasteiger partial charge in [0.1, 0.15) is 10.6 Å². The van der Waals surface area contributed by atoms with Gasteiger partial charge in [0.05, 0.1) is 0 Å². The molecule has 5 nitrogen and oxygen atoms in total. The van der Waals surface area contributed by atoms with E-state index in [9.17, 15) is 13.2 Å². The van der Waals surface area contributed by atoms with Crippen molar-refractivity contribution >= 4 is 16.0 Å². The predicted molar refractivity (Wildman–Crippen MR) is 95.6 cm³/mol. The third-order valence-corrected chi connectivity index (χ3v) is 5.60. The maximum Gasteiger partial charge on any atom is 0.339 e. The van der Waals surface area contributed by atoms with E-state index in [1.165, 1.54) is 12.1 Å². The normalized spacial score (nSPS) is 14.2. The van der Waals surface area contributed by atoms with E-state index in [4.69, 9.17) is 4.18 Å². The molecule has 132 valence electrons. The molecule has 6 heteroatoms. The Bertz CT molecular complexity index is 932. The number of benzene rings is 2. The molecule has 2 aromatic rings. The van der Waals surface area contributed by atoms with E-state index >= 15 is 0 Å². The third-order valence-electron chi connectivity index (χ3n) is 4.37. The van der Waals surface area contributed by atoms with Crippen LogP contribution < -0.4 is 9.50 Å². The van der Waals surface area contributed by atoms with Crippen molar-refractivity contribution < 1.29 is 17.4 Å². The van der Waals surface area contributed by atoms with Crippen LogP contribution in [0.25, 0.3) is 0 Å². The van der Waals surface area contributed by atoms with Crippen LogP contribution in [0.5, 0.6) is 5.75 Å². The second-order valence-corrected chi connectivity index (χ2v) is 8.09. The summed E-state index contributed by atoms with van der Waals surface area (Å²) >= 11 is 0. The standard InChI is InChI=1S/C19H21NO4S/c1-12(2)15-5-4-13(3)18(10-15)24-25(22,23)16-7-6-14-8-9-20-19(21)17(14)11-16/h4-7,10-12H,8-9H2,1-3H3,(H,20,21). The van der Waals surface area contributed by atoms with E-state index < -0.39 is 10.1 Å².